The number of anilines is 3. The lowest BCUT2D eigenvalue weighted by atomic mass is 9.83. The van der Waals surface area contributed by atoms with Gasteiger partial charge in [0.25, 0.3) is 0 Å². The van der Waals surface area contributed by atoms with Gasteiger partial charge in [0.1, 0.15) is 17.5 Å². The van der Waals surface area contributed by atoms with Crippen molar-refractivity contribution in [2.75, 3.05) is 44.4 Å². The maximum atomic E-state index is 4.94. The van der Waals surface area contributed by atoms with Gasteiger partial charge in [0.2, 0.25) is 0 Å². The highest BCUT2D eigenvalue weighted by atomic mass is 15.2. The fourth-order valence-electron chi connectivity index (χ4n) is 3.38. The molecule has 7 nitrogen and oxygen atoms in total. The Morgan fingerprint density at radius 1 is 1.07 bits per heavy atom. The van der Waals surface area contributed by atoms with E-state index < -0.39 is 0 Å². The number of allylic oxidation sites excluding steroid dienone is 4. The third-order valence-electron chi connectivity index (χ3n) is 5.03. The molecule has 0 aliphatic heterocycles. The Labute approximate surface area is 167 Å². The van der Waals surface area contributed by atoms with Gasteiger partial charge < -0.3 is 15.1 Å². The van der Waals surface area contributed by atoms with Crippen LogP contribution in [0.4, 0.5) is 17.5 Å². The molecule has 2 aromatic rings. The van der Waals surface area contributed by atoms with Crippen LogP contribution in [0.3, 0.4) is 0 Å². The van der Waals surface area contributed by atoms with Crippen LogP contribution in [0.1, 0.15) is 31.3 Å². The van der Waals surface area contributed by atoms with Crippen LogP contribution < -0.4 is 10.2 Å². The van der Waals surface area contributed by atoms with Crippen LogP contribution in [0.25, 0.3) is 0 Å². The summed E-state index contributed by atoms with van der Waals surface area (Å²) in [6, 6.07) is 3.96. The Balaban J connectivity index is 1.95. The normalized spacial score (nSPS) is 19.0. The van der Waals surface area contributed by atoms with Crippen LogP contribution >= 0.6 is 0 Å². The van der Waals surface area contributed by atoms with E-state index in [1.807, 2.05) is 19.1 Å². The first-order valence-electron chi connectivity index (χ1n) is 9.72. The van der Waals surface area contributed by atoms with E-state index >= 15 is 0 Å². The molecule has 0 aromatic carbocycles. The quantitative estimate of drug-likeness (QED) is 0.765. The summed E-state index contributed by atoms with van der Waals surface area (Å²) < 4.78 is 0. The van der Waals surface area contributed by atoms with Crippen LogP contribution in [0.2, 0.25) is 0 Å². The Morgan fingerprint density at radius 2 is 1.86 bits per heavy atom. The summed E-state index contributed by atoms with van der Waals surface area (Å²) >= 11 is 0. The monoisotopic (exact) mass is 381 g/mol. The Kier molecular flexibility index (Phi) is 6.14. The number of aryl methyl sites for hydroxylation is 1. The molecule has 1 aliphatic carbocycles. The topological polar surface area (TPSA) is 73.0 Å². The molecule has 150 valence electrons. The van der Waals surface area contributed by atoms with E-state index in [0.29, 0.717) is 5.92 Å². The first kappa shape index (κ1) is 20.1. The number of hydrogen-bond donors (Lipinski definition) is 2. The van der Waals surface area contributed by atoms with Crippen molar-refractivity contribution < 1.29 is 0 Å². The van der Waals surface area contributed by atoms with E-state index in [1.165, 1.54) is 5.57 Å². The third kappa shape index (κ3) is 4.78. The number of nitrogens with zero attached hydrogens (tertiary/aromatic N) is 5. The molecule has 0 saturated carbocycles. The maximum absolute atomic E-state index is 4.94. The Morgan fingerprint density at radius 3 is 2.50 bits per heavy atom. The second kappa shape index (κ2) is 8.56. The van der Waals surface area contributed by atoms with Gasteiger partial charge in [-0.1, -0.05) is 30.7 Å². The highest BCUT2D eigenvalue weighted by molar-refractivity contribution is 5.57. The zero-order valence-electron chi connectivity index (χ0n) is 17.7. The summed E-state index contributed by atoms with van der Waals surface area (Å²) in [5, 5.41) is 10.6. The molecule has 28 heavy (non-hydrogen) atoms. The smallest absolute Gasteiger partial charge is 0.153 e. The molecule has 0 fully saturated rings. The largest absolute Gasteiger partial charge is 0.358 e. The predicted octanol–water partition coefficient (Wildman–Crippen LogP) is 3.49. The molecule has 3 rings (SSSR count). The lowest BCUT2D eigenvalue weighted by molar-refractivity contribution is 0.416. The number of aromatic nitrogens is 4. The highest BCUT2D eigenvalue weighted by Gasteiger charge is 2.25. The molecule has 0 amide bonds. The first-order chi connectivity index (χ1) is 13.3. The minimum Gasteiger partial charge on any atom is -0.358 e. The number of hydrogen-bond acceptors (Lipinski definition) is 6. The average molecular weight is 382 g/mol. The fourth-order valence-corrected chi connectivity index (χ4v) is 3.38. The van der Waals surface area contributed by atoms with Crippen LogP contribution in [0, 0.1) is 12.8 Å². The minimum absolute atomic E-state index is 0.175. The number of nitrogens with one attached hydrogen (secondary N) is 2. The molecule has 2 atom stereocenters. The van der Waals surface area contributed by atoms with E-state index in [9.17, 15) is 0 Å². The number of H-pyrrole nitrogens is 1. The molecule has 2 heterocycles. The zero-order valence-corrected chi connectivity index (χ0v) is 17.7. The molecule has 2 unspecified atom stereocenters. The summed E-state index contributed by atoms with van der Waals surface area (Å²) in [5.74, 6) is 3.80. The standard InChI is InChI=1S/C21H31N7/c1-14-8-7-9-15(2)20(14)21-23-17(22-18-12-16(3)25-26-18)13-19(24-21)28(6)11-10-27(4)5/h7-9,12-14,20H,10-11H2,1-6H3,(H2,22,23,24,25,26). The lowest BCUT2D eigenvalue weighted by Crippen LogP contribution is -2.29. The summed E-state index contributed by atoms with van der Waals surface area (Å²) in [4.78, 5) is 14.1. The van der Waals surface area contributed by atoms with Gasteiger partial charge >= 0.3 is 0 Å². The van der Waals surface area contributed by atoms with Crippen molar-refractivity contribution in [1.29, 1.82) is 0 Å². The zero-order chi connectivity index (χ0) is 20.3. The van der Waals surface area contributed by atoms with E-state index in [0.717, 1.165) is 42.1 Å². The SMILES string of the molecule is CC1=CC=CC(C)C1c1nc(Nc2cc(C)[nH]n2)cc(N(C)CCN(C)C)n1. The van der Waals surface area contributed by atoms with Crippen LogP contribution in [-0.2, 0) is 0 Å². The van der Waals surface area contributed by atoms with Gasteiger partial charge in [-0.05, 0) is 33.9 Å². The van der Waals surface area contributed by atoms with E-state index in [4.69, 9.17) is 9.97 Å². The molecule has 2 N–H and O–H groups in total. The van der Waals surface area contributed by atoms with E-state index in [1.54, 1.807) is 0 Å². The minimum atomic E-state index is 0.175. The number of aromatic amines is 1. The molecule has 0 bridgehead atoms. The molecule has 0 radical (unpaired) electrons. The second-order valence-electron chi connectivity index (χ2n) is 7.89. The predicted molar refractivity (Wildman–Crippen MR) is 115 cm³/mol. The van der Waals surface area contributed by atoms with Crippen molar-refractivity contribution in [2.24, 2.45) is 5.92 Å². The molecular formula is C21H31N7. The van der Waals surface area contributed by atoms with Crippen molar-refractivity contribution in [3.05, 3.63) is 47.5 Å². The maximum Gasteiger partial charge on any atom is 0.153 e. The Hall–Kier alpha value is -2.67. The van der Waals surface area contributed by atoms with Gasteiger partial charge in [-0.3, -0.25) is 5.10 Å². The molecule has 1 aliphatic rings. The third-order valence-corrected chi connectivity index (χ3v) is 5.03. The van der Waals surface area contributed by atoms with E-state index in [2.05, 4.69) is 78.5 Å². The average Bonchev–Trinajstić information content (AvgIpc) is 3.04. The van der Waals surface area contributed by atoms with Crippen LogP contribution in [0.15, 0.2) is 35.9 Å². The van der Waals surface area contributed by atoms with E-state index in [-0.39, 0.29) is 5.92 Å². The molecular weight excluding hydrogens is 350 g/mol. The molecule has 2 aromatic heterocycles. The number of rotatable bonds is 7. The molecule has 7 heteroatoms. The molecule has 0 saturated heterocycles. The summed E-state index contributed by atoms with van der Waals surface area (Å²) in [6.45, 7) is 8.19. The van der Waals surface area contributed by atoms with Gasteiger partial charge in [-0.15, -0.1) is 0 Å². The fraction of sp³-hybridized carbons (Fsp3) is 0.476. The van der Waals surface area contributed by atoms with Crippen LogP contribution in [-0.4, -0.2) is 59.3 Å². The summed E-state index contributed by atoms with van der Waals surface area (Å²) in [6.07, 6.45) is 6.49. The Bertz CT molecular complexity index is 865. The van der Waals surface area contributed by atoms with Crippen molar-refractivity contribution in [2.45, 2.75) is 26.7 Å². The van der Waals surface area contributed by atoms with Crippen LogP contribution in [0.5, 0.6) is 0 Å². The highest BCUT2D eigenvalue weighted by Crippen LogP contribution is 2.35. The van der Waals surface area contributed by atoms with Crippen molar-refractivity contribution in [1.82, 2.24) is 25.1 Å². The van der Waals surface area contributed by atoms with Gasteiger partial charge in [-0.2, -0.15) is 5.10 Å². The lowest BCUT2D eigenvalue weighted by Gasteiger charge is -2.26. The van der Waals surface area contributed by atoms with Crippen molar-refractivity contribution in [3.8, 4) is 0 Å². The first-order valence-corrected chi connectivity index (χ1v) is 9.72. The second-order valence-corrected chi connectivity index (χ2v) is 7.89. The van der Waals surface area contributed by atoms with Gasteiger partial charge in [0.05, 0.1) is 0 Å². The number of likely N-dealkylation sites (N-methyl/N-ethyl adjacent to an activating group) is 2. The molecule has 0 spiro atoms. The van der Waals surface area contributed by atoms with Gasteiger partial charge in [-0.25, -0.2) is 9.97 Å². The van der Waals surface area contributed by atoms with Gasteiger partial charge in [0, 0.05) is 43.9 Å². The summed E-state index contributed by atoms with van der Waals surface area (Å²) in [5.41, 5.74) is 2.29. The van der Waals surface area contributed by atoms with Gasteiger partial charge in [0.15, 0.2) is 5.82 Å². The van der Waals surface area contributed by atoms with Crippen molar-refractivity contribution in [3.63, 3.8) is 0 Å². The summed E-state index contributed by atoms with van der Waals surface area (Å²) in [7, 11) is 6.23. The van der Waals surface area contributed by atoms with Crippen molar-refractivity contribution >= 4 is 17.5 Å².